The van der Waals surface area contributed by atoms with Gasteiger partial charge < -0.3 is 0 Å². The van der Waals surface area contributed by atoms with Gasteiger partial charge in [-0.15, -0.1) is 0 Å². The predicted molar refractivity (Wildman–Crippen MR) is 120 cm³/mol. The molecule has 4 aromatic rings. The van der Waals surface area contributed by atoms with Crippen molar-refractivity contribution in [3.63, 3.8) is 0 Å². The van der Waals surface area contributed by atoms with Crippen LogP contribution in [-0.4, -0.2) is 9.13 Å². The first-order valence-electron chi connectivity index (χ1n) is 10.3. The Balaban J connectivity index is 2.05. The van der Waals surface area contributed by atoms with Crippen molar-refractivity contribution >= 4 is 21.5 Å². The summed E-state index contributed by atoms with van der Waals surface area (Å²) in [6, 6.07) is 10.1. The Kier molecular flexibility index (Phi) is 4.60. The normalized spacial score (nSPS) is 12.3. The van der Waals surface area contributed by atoms with Gasteiger partial charge in [0.2, 0.25) is 0 Å². The summed E-state index contributed by atoms with van der Waals surface area (Å²) >= 11 is 0. The molecule has 154 valence electrons. The van der Waals surface area contributed by atoms with E-state index in [0.29, 0.717) is 18.5 Å². The van der Waals surface area contributed by atoms with Gasteiger partial charge in [0.25, 0.3) is 22.2 Å². The molecule has 0 atom stereocenters. The first-order valence-corrected chi connectivity index (χ1v) is 10.3. The standard InChI is InChI=1S/C24H24N2O4/c1-5-14-8-10-15(11-9-14)25-20(27)16-12-18-19(13-17(16)21(25)28)23(30)26(22(18)29)24(4,6-2)7-3/h8-13H,5-7H2,1-4H3. The molecule has 0 fully saturated rings. The Bertz CT molecular complexity index is 1400. The molecule has 2 aromatic carbocycles. The minimum atomic E-state index is -0.612. The lowest BCUT2D eigenvalue weighted by atomic mass is 9.95. The molecule has 2 aromatic heterocycles. The van der Waals surface area contributed by atoms with Gasteiger partial charge in [0.05, 0.1) is 27.2 Å². The van der Waals surface area contributed by atoms with Gasteiger partial charge in [0.15, 0.2) is 0 Å². The molecule has 0 saturated carbocycles. The zero-order valence-corrected chi connectivity index (χ0v) is 17.6. The average Bonchev–Trinajstić information content (AvgIpc) is 3.16. The maximum absolute atomic E-state index is 13.1. The molecule has 0 N–H and O–H groups in total. The van der Waals surface area contributed by atoms with E-state index < -0.39 is 27.8 Å². The summed E-state index contributed by atoms with van der Waals surface area (Å²) < 4.78 is 2.39. The second-order valence-corrected chi connectivity index (χ2v) is 8.06. The molecule has 0 radical (unpaired) electrons. The van der Waals surface area contributed by atoms with Crippen LogP contribution in [0, 0.1) is 0 Å². The van der Waals surface area contributed by atoms with Gasteiger partial charge >= 0.3 is 0 Å². The highest BCUT2D eigenvalue weighted by atomic mass is 16.2. The van der Waals surface area contributed by atoms with Crippen LogP contribution < -0.4 is 22.2 Å². The third-order valence-electron chi connectivity index (χ3n) is 6.56. The molecule has 0 aliphatic heterocycles. The van der Waals surface area contributed by atoms with Gasteiger partial charge in [-0.05, 0) is 56.0 Å². The van der Waals surface area contributed by atoms with E-state index in [1.165, 1.54) is 16.7 Å². The van der Waals surface area contributed by atoms with E-state index in [0.717, 1.165) is 16.6 Å². The van der Waals surface area contributed by atoms with E-state index in [4.69, 9.17) is 0 Å². The molecule has 6 nitrogen and oxygen atoms in total. The van der Waals surface area contributed by atoms with Crippen LogP contribution in [0.2, 0.25) is 0 Å². The summed E-state index contributed by atoms with van der Waals surface area (Å²) in [5.74, 6) is 0. The molecule has 0 aliphatic carbocycles. The quantitative estimate of drug-likeness (QED) is 0.512. The van der Waals surface area contributed by atoms with Crippen LogP contribution in [0.3, 0.4) is 0 Å². The van der Waals surface area contributed by atoms with Crippen molar-refractivity contribution in [1.82, 2.24) is 9.13 Å². The lowest BCUT2D eigenvalue weighted by molar-refractivity contribution is 0.282. The number of hydrogen-bond donors (Lipinski definition) is 0. The van der Waals surface area contributed by atoms with Crippen LogP contribution in [0.15, 0.2) is 55.6 Å². The summed E-state index contributed by atoms with van der Waals surface area (Å²) in [7, 11) is 0. The van der Waals surface area contributed by atoms with Crippen molar-refractivity contribution in [1.29, 1.82) is 0 Å². The highest BCUT2D eigenvalue weighted by molar-refractivity contribution is 5.98. The molecule has 0 bridgehead atoms. The number of aromatic nitrogens is 2. The van der Waals surface area contributed by atoms with Crippen LogP contribution in [0.25, 0.3) is 27.2 Å². The Labute approximate surface area is 172 Å². The molecule has 0 aliphatic rings. The van der Waals surface area contributed by atoms with Gasteiger partial charge in [-0.25, -0.2) is 4.57 Å². The van der Waals surface area contributed by atoms with Crippen molar-refractivity contribution in [2.75, 3.05) is 0 Å². The fourth-order valence-electron chi connectivity index (χ4n) is 4.15. The lowest BCUT2D eigenvalue weighted by Crippen LogP contribution is -2.42. The van der Waals surface area contributed by atoms with Crippen LogP contribution >= 0.6 is 0 Å². The maximum Gasteiger partial charge on any atom is 0.266 e. The van der Waals surface area contributed by atoms with Gasteiger partial charge in [0, 0.05) is 5.54 Å². The molecule has 30 heavy (non-hydrogen) atoms. The smallest absolute Gasteiger partial charge is 0.266 e. The Morgan fingerprint density at radius 3 is 1.53 bits per heavy atom. The van der Waals surface area contributed by atoms with Crippen molar-refractivity contribution in [2.24, 2.45) is 0 Å². The summed E-state index contributed by atoms with van der Waals surface area (Å²) in [5.41, 5.74) is -0.810. The van der Waals surface area contributed by atoms with Gasteiger partial charge in [0.1, 0.15) is 0 Å². The zero-order chi connectivity index (χ0) is 21.8. The Morgan fingerprint density at radius 2 is 1.13 bits per heavy atom. The largest absolute Gasteiger partial charge is 0.269 e. The minimum Gasteiger partial charge on any atom is -0.269 e. The summed E-state index contributed by atoms with van der Waals surface area (Å²) in [6.45, 7) is 7.77. The van der Waals surface area contributed by atoms with Crippen LogP contribution in [-0.2, 0) is 12.0 Å². The van der Waals surface area contributed by atoms with Gasteiger partial charge in [-0.1, -0.05) is 32.9 Å². The number of hydrogen-bond acceptors (Lipinski definition) is 4. The third kappa shape index (κ3) is 2.63. The van der Waals surface area contributed by atoms with Gasteiger partial charge in [-0.2, -0.15) is 0 Å². The molecule has 2 heterocycles. The zero-order valence-electron chi connectivity index (χ0n) is 17.6. The minimum absolute atomic E-state index is 0.163. The molecule has 0 amide bonds. The second kappa shape index (κ2) is 6.90. The molecule has 0 unspecified atom stereocenters. The lowest BCUT2D eigenvalue weighted by Gasteiger charge is -2.27. The van der Waals surface area contributed by atoms with Crippen LogP contribution in [0.1, 0.15) is 46.1 Å². The summed E-state index contributed by atoms with van der Waals surface area (Å²) in [6.07, 6.45) is 2.09. The van der Waals surface area contributed by atoms with Crippen molar-refractivity contribution in [3.05, 3.63) is 83.4 Å². The highest BCUT2D eigenvalue weighted by Gasteiger charge is 2.29. The average molecular weight is 404 g/mol. The molecule has 4 rings (SSSR count). The van der Waals surface area contributed by atoms with Crippen molar-refractivity contribution < 1.29 is 0 Å². The molecule has 0 saturated heterocycles. The number of nitrogens with zero attached hydrogens (tertiary/aromatic N) is 2. The number of aryl methyl sites for hydroxylation is 1. The molecule has 6 heteroatoms. The number of rotatable bonds is 5. The maximum atomic E-state index is 13.1. The number of benzene rings is 2. The van der Waals surface area contributed by atoms with E-state index in [2.05, 4.69) is 0 Å². The predicted octanol–water partition coefficient (Wildman–Crippen LogP) is 3.00. The summed E-state index contributed by atoms with van der Waals surface area (Å²) in [4.78, 5) is 52.2. The van der Waals surface area contributed by atoms with E-state index in [9.17, 15) is 19.2 Å². The summed E-state index contributed by atoms with van der Waals surface area (Å²) in [5, 5.41) is 0.708. The molecular weight excluding hydrogens is 380 g/mol. The van der Waals surface area contributed by atoms with E-state index in [1.54, 1.807) is 12.1 Å². The fourth-order valence-corrected chi connectivity index (χ4v) is 4.15. The van der Waals surface area contributed by atoms with Gasteiger partial charge in [-0.3, -0.25) is 23.7 Å². The van der Waals surface area contributed by atoms with Crippen molar-refractivity contribution in [3.8, 4) is 5.69 Å². The first kappa shape index (κ1) is 20.0. The third-order valence-corrected chi connectivity index (χ3v) is 6.56. The Hall–Kier alpha value is -3.28. The molecular formula is C24H24N2O4. The second-order valence-electron chi connectivity index (χ2n) is 8.06. The molecule has 0 spiro atoms. The Morgan fingerprint density at radius 1 is 0.700 bits per heavy atom. The fraction of sp³-hybridized carbons (Fsp3) is 0.333. The SMILES string of the molecule is CCc1ccc(-n2c(=O)c3cc4c(=O)n(C(C)(CC)CC)c(=O)c4cc3c2=O)cc1. The number of fused-ring (bicyclic) bond motifs is 2. The van der Waals surface area contributed by atoms with E-state index in [1.807, 2.05) is 39.8 Å². The van der Waals surface area contributed by atoms with Crippen LogP contribution in [0.4, 0.5) is 0 Å². The monoisotopic (exact) mass is 404 g/mol. The van der Waals surface area contributed by atoms with Crippen LogP contribution in [0.5, 0.6) is 0 Å². The topological polar surface area (TPSA) is 78.1 Å². The van der Waals surface area contributed by atoms with E-state index in [-0.39, 0.29) is 21.5 Å². The first-order chi connectivity index (χ1) is 14.3. The van der Waals surface area contributed by atoms with E-state index >= 15 is 0 Å². The highest BCUT2D eigenvalue weighted by Crippen LogP contribution is 2.24. The van der Waals surface area contributed by atoms with Crippen molar-refractivity contribution in [2.45, 2.75) is 52.5 Å².